The van der Waals surface area contributed by atoms with Gasteiger partial charge in [-0.2, -0.15) is 5.26 Å². The Bertz CT molecular complexity index is 2460. The van der Waals surface area contributed by atoms with Gasteiger partial charge in [0.2, 0.25) is 23.6 Å². The lowest BCUT2D eigenvalue weighted by molar-refractivity contribution is -0.132. The van der Waals surface area contributed by atoms with E-state index in [1.807, 2.05) is 18.2 Å². The van der Waals surface area contributed by atoms with Gasteiger partial charge in [-0.05, 0) is 94.0 Å². The summed E-state index contributed by atoms with van der Waals surface area (Å²) in [5.74, 6) is -2.16. The van der Waals surface area contributed by atoms with Crippen LogP contribution in [0.5, 0.6) is 11.5 Å². The quantitative estimate of drug-likeness (QED) is 0.0626. The minimum Gasteiger partial charge on any atom is -0.492 e. The first-order chi connectivity index (χ1) is 32.7. The number of nitrogens with one attached hydrogen (secondary N) is 5. The summed E-state index contributed by atoms with van der Waals surface area (Å²) in [6.45, 7) is 11.1. The summed E-state index contributed by atoms with van der Waals surface area (Å²) in [6, 6.07) is 15.0. The van der Waals surface area contributed by atoms with Crippen LogP contribution < -0.4 is 53.3 Å². The second kappa shape index (κ2) is 24.7. The normalized spacial score (nSPS) is 16.3. The van der Waals surface area contributed by atoms with Crippen LogP contribution in [-0.2, 0) is 32.0 Å². The second-order valence-corrected chi connectivity index (χ2v) is 16.9. The molecule has 0 aliphatic carbocycles. The Labute approximate surface area is 397 Å². The summed E-state index contributed by atoms with van der Waals surface area (Å²) in [5, 5.41) is 23.0. The van der Waals surface area contributed by atoms with Crippen LogP contribution in [0, 0.1) is 31.1 Å². The first-order valence-corrected chi connectivity index (χ1v) is 23.1. The molecule has 0 spiro atoms. The Hall–Kier alpha value is -6.94. The van der Waals surface area contributed by atoms with Crippen molar-refractivity contribution in [2.45, 2.75) is 97.7 Å². The number of amides is 5. The number of ether oxygens (including phenoxy) is 2. The molecule has 11 N–H and O–H groups in total. The number of fused-ring (bicyclic) bond motifs is 5. The lowest BCUT2D eigenvalue weighted by Crippen LogP contribution is -2.54. The fourth-order valence-electron chi connectivity index (χ4n) is 8.05. The fraction of sp³-hybridized carbons (Fsp3) is 0.440. The van der Waals surface area contributed by atoms with Gasteiger partial charge in [-0.3, -0.25) is 24.0 Å². The van der Waals surface area contributed by atoms with E-state index in [0.29, 0.717) is 51.1 Å². The molecular weight excluding hydrogens is 867 g/mol. The minimum atomic E-state index is -1.25. The number of nitriles is 1. The number of rotatable bonds is 19. The molecule has 0 fully saturated rings. The number of hydrogen-bond donors (Lipinski definition) is 8. The van der Waals surface area contributed by atoms with E-state index in [-0.39, 0.29) is 69.2 Å². The molecule has 0 saturated carbocycles. The van der Waals surface area contributed by atoms with Crippen LogP contribution in [0.4, 0.5) is 5.69 Å². The topological polar surface area (TPSA) is 292 Å². The lowest BCUT2D eigenvalue weighted by atomic mass is 9.91. The largest absolute Gasteiger partial charge is 0.492 e. The van der Waals surface area contributed by atoms with Crippen LogP contribution in [0.15, 0.2) is 54.6 Å². The van der Waals surface area contributed by atoms with Crippen LogP contribution >= 0.6 is 0 Å². The van der Waals surface area contributed by atoms with Gasteiger partial charge in [0.25, 0.3) is 5.91 Å². The van der Waals surface area contributed by atoms with Crippen molar-refractivity contribution in [1.82, 2.24) is 31.2 Å². The number of aromatic nitrogens is 2. The molecule has 0 radical (unpaired) electrons. The van der Waals surface area contributed by atoms with Crippen molar-refractivity contribution >= 4 is 35.2 Å². The molecule has 4 aromatic rings. The van der Waals surface area contributed by atoms with Gasteiger partial charge in [0.1, 0.15) is 43.6 Å². The van der Waals surface area contributed by atoms with E-state index < -0.39 is 53.6 Å². The van der Waals surface area contributed by atoms with Gasteiger partial charge in [-0.25, -0.2) is 9.97 Å². The Kier molecular flexibility index (Phi) is 18.9. The Morgan fingerprint density at radius 1 is 0.868 bits per heavy atom. The predicted molar refractivity (Wildman–Crippen MR) is 260 cm³/mol. The number of hydrogen-bond acceptors (Lipinski definition) is 13. The minimum absolute atomic E-state index is 0.000317. The predicted octanol–water partition coefficient (Wildman–Crippen LogP) is 3.46. The number of benzene rings is 3. The molecule has 1 aliphatic heterocycles. The zero-order chi connectivity index (χ0) is 49.5. The first-order valence-electron chi connectivity index (χ1n) is 23.1. The molecule has 5 amide bonds. The standard InChI is InChI=1S/C50H65N11O7/c1-7-32(8-2)23-33-9-11-35(12-10-33)45-56-29(4)43(30(5)57-45)50(66)59-39(15-16-51)49(65)60-40-25-34-24-38(44(40)68-22-19-54)37-27-36(13-14-42(37)67-21-18-53)28(3)46(62)58-31(6)47(63)61-41(26-34)48(64)55-20-17-52/h9-14,24-25,27-28,31-32,39,41H,7-8,15-16,18-23,26,51,53-54H2,1-6H3,(H,55,64)(H,58,62)(H,59,66)(H,60,65)(H,61,63)/t28-,31-,39?,41-/m0/s1. The highest BCUT2D eigenvalue weighted by molar-refractivity contribution is 6.03. The van der Waals surface area contributed by atoms with Crippen molar-refractivity contribution in [2.24, 2.45) is 23.1 Å². The number of carbonyl (C=O) groups is 5. The summed E-state index contributed by atoms with van der Waals surface area (Å²) in [5.41, 5.74) is 22.9. The average molecular weight is 932 g/mol. The molecule has 5 rings (SSSR count). The maximum atomic E-state index is 14.5. The average Bonchev–Trinajstić information content (AvgIpc) is 3.32. The lowest BCUT2D eigenvalue weighted by Gasteiger charge is -2.26. The van der Waals surface area contributed by atoms with Gasteiger partial charge in [0.15, 0.2) is 11.6 Å². The third-order valence-corrected chi connectivity index (χ3v) is 12.0. The van der Waals surface area contributed by atoms with Crippen LogP contribution in [0.3, 0.4) is 0 Å². The Morgan fingerprint density at radius 2 is 1.54 bits per heavy atom. The van der Waals surface area contributed by atoms with E-state index in [1.165, 1.54) is 12.5 Å². The molecule has 0 saturated heterocycles. The van der Waals surface area contributed by atoms with Crippen LogP contribution in [-0.4, -0.2) is 97.0 Å². The van der Waals surface area contributed by atoms with E-state index >= 15 is 0 Å². The molecule has 2 heterocycles. The summed E-state index contributed by atoms with van der Waals surface area (Å²) < 4.78 is 12.4. The molecule has 1 aliphatic rings. The molecular formula is C50H65N11O7. The molecule has 68 heavy (non-hydrogen) atoms. The number of aryl methyl sites for hydroxylation is 2. The van der Waals surface area contributed by atoms with E-state index in [4.69, 9.17) is 36.6 Å². The Balaban J connectivity index is 1.58. The molecule has 1 unspecified atom stereocenters. The van der Waals surface area contributed by atoms with Gasteiger partial charge < -0.3 is 53.3 Å². The zero-order valence-corrected chi connectivity index (χ0v) is 39.8. The highest BCUT2D eigenvalue weighted by Crippen LogP contribution is 2.44. The van der Waals surface area contributed by atoms with Crippen LogP contribution in [0.1, 0.15) is 91.3 Å². The number of nitrogens with zero attached hydrogens (tertiary/aromatic N) is 3. The third kappa shape index (κ3) is 13.1. The third-order valence-electron chi connectivity index (χ3n) is 12.0. The zero-order valence-electron chi connectivity index (χ0n) is 39.8. The number of anilines is 1. The van der Waals surface area contributed by atoms with Gasteiger partial charge >= 0.3 is 0 Å². The smallest absolute Gasteiger partial charge is 0.255 e. The molecule has 4 bridgehead atoms. The van der Waals surface area contributed by atoms with Crippen LogP contribution in [0.2, 0.25) is 0 Å². The molecule has 362 valence electrons. The summed E-state index contributed by atoms with van der Waals surface area (Å²) >= 11 is 0. The first kappa shape index (κ1) is 52.0. The van der Waals surface area contributed by atoms with Crippen LogP contribution in [0.25, 0.3) is 22.5 Å². The van der Waals surface area contributed by atoms with E-state index in [9.17, 15) is 29.2 Å². The van der Waals surface area contributed by atoms with Crippen molar-refractivity contribution < 1.29 is 33.4 Å². The van der Waals surface area contributed by atoms with E-state index in [2.05, 4.69) is 52.6 Å². The second-order valence-electron chi connectivity index (χ2n) is 16.9. The van der Waals surface area contributed by atoms with Crippen molar-refractivity contribution in [1.29, 1.82) is 5.26 Å². The van der Waals surface area contributed by atoms with E-state index in [0.717, 1.165) is 24.8 Å². The summed E-state index contributed by atoms with van der Waals surface area (Å²) in [7, 11) is 0. The van der Waals surface area contributed by atoms with E-state index in [1.54, 1.807) is 51.1 Å². The highest BCUT2D eigenvalue weighted by Gasteiger charge is 2.31. The van der Waals surface area contributed by atoms with Crippen molar-refractivity contribution in [3.05, 3.63) is 88.2 Å². The van der Waals surface area contributed by atoms with Crippen molar-refractivity contribution in [3.8, 4) is 40.1 Å². The number of carbonyl (C=O) groups excluding carboxylic acids is 5. The van der Waals surface area contributed by atoms with Crippen molar-refractivity contribution in [2.75, 3.05) is 44.7 Å². The van der Waals surface area contributed by atoms with Gasteiger partial charge in [-0.15, -0.1) is 0 Å². The van der Waals surface area contributed by atoms with Crippen molar-refractivity contribution in [3.63, 3.8) is 0 Å². The summed E-state index contributed by atoms with van der Waals surface area (Å²) in [4.78, 5) is 78.7. The molecule has 18 nitrogen and oxygen atoms in total. The summed E-state index contributed by atoms with van der Waals surface area (Å²) in [6.07, 6.45) is 3.09. The monoisotopic (exact) mass is 932 g/mol. The molecule has 4 atom stereocenters. The SMILES string of the molecule is CCC(CC)Cc1ccc(-c2nc(C)c(C(=O)NC(CCN)C(=O)Nc3cc4cc(c3OCCN)-c3cc(ccc3OCCN)[C@H](C)C(=O)N[C@@H](C)C(=O)N[C@H](C(=O)NCC#N)C4)c(C)n2)cc1. The molecule has 18 heteroatoms. The molecule has 3 aromatic carbocycles. The Morgan fingerprint density at radius 3 is 2.18 bits per heavy atom. The van der Waals surface area contributed by atoms with Gasteiger partial charge in [-0.1, -0.05) is 57.0 Å². The van der Waals surface area contributed by atoms with Gasteiger partial charge in [0.05, 0.1) is 34.6 Å². The molecule has 1 aromatic heterocycles. The maximum absolute atomic E-state index is 14.5. The van der Waals surface area contributed by atoms with Gasteiger partial charge in [0, 0.05) is 36.2 Å². The highest BCUT2D eigenvalue weighted by atomic mass is 16.5. The number of nitrogens with two attached hydrogens (primary N) is 3. The fourth-order valence-corrected chi connectivity index (χ4v) is 8.05. The maximum Gasteiger partial charge on any atom is 0.255 e.